The first-order valence-corrected chi connectivity index (χ1v) is 18.6. The van der Waals surface area contributed by atoms with Crippen LogP contribution in [0.1, 0.15) is 55.2 Å². The van der Waals surface area contributed by atoms with Crippen molar-refractivity contribution in [3.8, 4) is 0 Å². The van der Waals surface area contributed by atoms with Crippen LogP contribution in [0.5, 0.6) is 0 Å². The number of aromatic amines is 1. The Morgan fingerprint density at radius 3 is 2.38 bits per heavy atom. The number of piperazine rings is 1. The first kappa shape index (κ1) is 35.6. The number of esters is 1. The number of aryl methyl sites for hydroxylation is 1. The predicted octanol–water partition coefficient (Wildman–Crippen LogP) is 3.45. The van der Waals surface area contributed by atoms with Crippen LogP contribution in [0.3, 0.4) is 0 Å². The Bertz CT molecular complexity index is 1980. The summed E-state index contributed by atoms with van der Waals surface area (Å²) in [5.74, 6) is -0.404. The number of fused-ring (bicyclic) bond motifs is 2. The van der Waals surface area contributed by atoms with E-state index >= 15 is 0 Å². The number of ether oxygens (including phenoxy) is 1. The number of aromatic nitrogens is 3. The molecular weight excluding hydrogens is 660 g/mol. The highest BCUT2D eigenvalue weighted by molar-refractivity contribution is 5.88. The topological polar surface area (TPSA) is 136 Å². The highest BCUT2D eigenvalue weighted by Crippen LogP contribution is 2.28. The molecule has 52 heavy (non-hydrogen) atoms. The summed E-state index contributed by atoms with van der Waals surface area (Å²) in [7, 11) is 2.17. The Morgan fingerprint density at radius 2 is 1.65 bits per heavy atom. The molecule has 1 atom stereocenters. The summed E-state index contributed by atoms with van der Waals surface area (Å²) in [6, 6.07) is 13.3. The summed E-state index contributed by atoms with van der Waals surface area (Å²) in [5.41, 5.74) is 4.20. The normalized spacial score (nSPS) is 18.9. The van der Waals surface area contributed by atoms with Gasteiger partial charge in [0.15, 0.2) is 6.73 Å². The van der Waals surface area contributed by atoms with Crippen molar-refractivity contribution in [1.82, 2.24) is 39.7 Å². The van der Waals surface area contributed by atoms with Crippen LogP contribution in [-0.2, 0) is 27.5 Å². The third-order valence-corrected chi connectivity index (χ3v) is 11.2. The lowest BCUT2D eigenvalue weighted by Gasteiger charge is -2.43. The van der Waals surface area contributed by atoms with Gasteiger partial charge in [-0.05, 0) is 93.4 Å². The van der Waals surface area contributed by atoms with Crippen LogP contribution in [-0.4, -0.2) is 124 Å². The average Bonchev–Trinajstić information content (AvgIpc) is 3.57. The zero-order valence-electron chi connectivity index (χ0n) is 30.5. The number of amides is 3. The number of benzene rings is 2. The lowest BCUT2D eigenvalue weighted by molar-refractivity contribution is -0.145. The summed E-state index contributed by atoms with van der Waals surface area (Å²) < 4.78 is 6.84. The van der Waals surface area contributed by atoms with Crippen LogP contribution in [0.4, 0.5) is 4.79 Å². The van der Waals surface area contributed by atoms with Gasteiger partial charge in [-0.25, -0.2) is 9.48 Å². The van der Waals surface area contributed by atoms with E-state index in [-0.39, 0.29) is 36.1 Å². The van der Waals surface area contributed by atoms with E-state index in [2.05, 4.69) is 32.2 Å². The van der Waals surface area contributed by atoms with Crippen molar-refractivity contribution in [2.75, 3.05) is 59.4 Å². The fourth-order valence-corrected chi connectivity index (χ4v) is 8.32. The van der Waals surface area contributed by atoms with Gasteiger partial charge in [0, 0.05) is 75.1 Å². The van der Waals surface area contributed by atoms with Crippen molar-refractivity contribution < 1.29 is 19.1 Å². The highest BCUT2D eigenvalue weighted by Gasteiger charge is 2.34. The zero-order valence-corrected chi connectivity index (χ0v) is 30.5. The van der Waals surface area contributed by atoms with Gasteiger partial charge in [-0.15, -0.1) is 0 Å². The maximum absolute atomic E-state index is 14.3. The SMILES string of the molecule is CC(=O)OCn1ncc2cc(CC(NC(=O)N3CCC(c4cc5ccccc5[nH]c4=O)CC3)C(=O)N3CCN(C4CCN(C)CC4)CC3)cc(C)c21. The molecule has 5 heterocycles. The van der Waals surface area contributed by atoms with E-state index in [9.17, 15) is 19.2 Å². The molecule has 2 aromatic carbocycles. The van der Waals surface area contributed by atoms with Crippen molar-refractivity contribution in [3.05, 3.63) is 75.7 Å². The molecule has 0 spiro atoms. The Labute approximate surface area is 303 Å². The number of piperidine rings is 2. The molecule has 4 aromatic rings. The molecule has 0 aliphatic carbocycles. The molecule has 13 nitrogen and oxygen atoms in total. The Kier molecular flexibility index (Phi) is 10.6. The van der Waals surface area contributed by atoms with Crippen molar-refractivity contribution in [2.45, 2.75) is 70.7 Å². The molecule has 276 valence electrons. The number of para-hydroxylation sites is 1. The minimum Gasteiger partial charge on any atom is -0.443 e. The van der Waals surface area contributed by atoms with Crippen LogP contribution in [0.25, 0.3) is 21.8 Å². The van der Waals surface area contributed by atoms with Gasteiger partial charge < -0.3 is 29.7 Å². The van der Waals surface area contributed by atoms with E-state index in [1.54, 1.807) is 15.8 Å². The number of carbonyl (C=O) groups excluding carboxylic acids is 3. The molecule has 2 N–H and O–H groups in total. The molecule has 1 unspecified atom stereocenters. The summed E-state index contributed by atoms with van der Waals surface area (Å²) in [6.45, 7) is 9.45. The number of rotatable bonds is 8. The third kappa shape index (κ3) is 7.85. The number of carbonyl (C=O) groups is 3. The molecule has 13 heteroatoms. The quantitative estimate of drug-likeness (QED) is 0.266. The fourth-order valence-electron chi connectivity index (χ4n) is 8.32. The Hall–Kier alpha value is -4.75. The second-order valence-corrected chi connectivity index (χ2v) is 14.8. The van der Waals surface area contributed by atoms with Crippen LogP contribution in [0, 0.1) is 6.92 Å². The number of pyridine rings is 1. The van der Waals surface area contributed by atoms with E-state index in [1.807, 2.05) is 54.3 Å². The molecule has 0 saturated carbocycles. The van der Waals surface area contributed by atoms with Crippen LogP contribution < -0.4 is 10.9 Å². The fraction of sp³-hybridized carbons (Fsp3) is 0.513. The number of nitrogens with one attached hydrogen (secondary N) is 2. The molecule has 0 bridgehead atoms. The number of hydrogen-bond acceptors (Lipinski definition) is 8. The average molecular weight is 711 g/mol. The molecule has 7 rings (SSSR count). The number of nitrogens with zero attached hydrogens (tertiary/aromatic N) is 6. The number of H-pyrrole nitrogens is 1. The van der Waals surface area contributed by atoms with Crippen molar-refractivity contribution >= 4 is 39.7 Å². The molecule has 3 amide bonds. The molecule has 0 radical (unpaired) electrons. The summed E-state index contributed by atoms with van der Waals surface area (Å²) in [6.07, 6.45) is 5.69. The van der Waals surface area contributed by atoms with Crippen molar-refractivity contribution in [3.63, 3.8) is 0 Å². The first-order valence-electron chi connectivity index (χ1n) is 18.6. The lowest BCUT2D eigenvalue weighted by atomic mass is 9.89. The van der Waals surface area contributed by atoms with Gasteiger partial charge in [0.05, 0.1) is 11.7 Å². The highest BCUT2D eigenvalue weighted by atomic mass is 16.5. The van der Waals surface area contributed by atoms with Gasteiger partial charge in [0.25, 0.3) is 5.56 Å². The summed E-state index contributed by atoms with van der Waals surface area (Å²) >= 11 is 0. The third-order valence-electron chi connectivity index (χ3n) is 11.2. The van der Waals surface area contributed by atoms with Crippen molar-refractivity contribution in [2.24, 2.45) is 0 Å². The van der Waals surface area contributed by atoms with Crippen molar-refractivity contribution in [1.29, 1.82) is 0 Å². The van der Waals surface area contributed by atoms with Gasteiger partial charge in [-0.3, -0.25) is 19.3 Å². The second kappa shape index (κ2) is 15.5. The smallest absolute Gasteiger partial charge is 0.318 e. The number of hydrogen-bond donors (Lipinski definition) is 2. The number of urea groups is 1. The minimum atomic E-state index is -0.753. The maximum Gasteiger partial charge on any atom is 0.318 e. The van der Waals surface area contributed by atoms with Gasteiger partial charge in [-0.1, -0.05) is 24.3 Å². The predicted molar refractivity (Wildman–Crippen MR) is 199 cm³/mol. The molecule has 2 aromatic heterocycles. The van der Waals surface area contributed by atoms with Gasteiger partial charge in [0.2, 0.25) is 5.91 Å². The second-order valence-electron chi connectivity index (χ2n) is 14.8. The van der Waals surface area contributed by atoms with E-state index < -0.39 is 6.04 Å². The largest absolute Gasteiger partial charge is 0.443 e. The van der Waals surface area contributed by atoms with Crippen LogP contribution >= 0.6 is 0 Å². The molecule has 3 aliphatic heterocycles. The van der Waals surface area contributed by atoms with Crippen LogP contribution in [0.15, 0.2) is 53.5 Å². The van der Waals surface area contributed by atoms with E-state index in [0.717, 1.165) is 77.5 Å². The summed E-state index contributed by atoms with van der Waals surface area (Å²) in [5, 5.41) is 9.43. The summed E-state index contributed by atoms with van der Waals surface area (Å²) in [4.78, 5) is 64.2. The van der Waals surface area contributed by atoms with E-state index in [4.69, 9.17) is 4.74 Å². The number of likely N-dealkylation sites (tertiary alicyclic amines) is 2. The Balaban J connectivity index is 1.05. The lowest BCUT2D eigenvalue weighted by Crippen LogP contribution is -2.59. The Morgan fingerprint density at radius 1 is 0.923 bits per heavy atom. The van der Waals surface area contributed by atoms with Gasteiger partial charge >= 0.3 is 12.0 Å². The van der Waals surface area contributed by atoms with Gasteiger partial charge in [0.1, 0.15) is 6.04 Å². The zero-order chi connectivity index (χ0) is 36.4. The first-order chi connectivity index (χ1) is 25.1. The van der Waals surface area contributed by atoms with Gasteiger partial charge in [-0.2, -0.15) is 5.10 Å². The maximum atomic E-state index is 14.3. The molecule has 3 saturated heterocycles. The van der Waals surface area contributed by atoms with E-state index in [1.165, 1.54) is 6.92 Å². The molecule has 3 fully saturated rings. The van der Waals surface area contributed by atoms with Crippen LogP contribution in [0.2, 0.25) is 0 Å². The van der Waals surface area contributed by atoms with E-state index in [0.29, 0.717) is 51.5 Å². The molecule has 3 aliphatic rings. The minimum absolute atomic E-state index is 0.0195. The molecular formula is C39H50N8O5. The monoisotopic (exact) mass is 710 g/mol. The standard InChI is InChI=1S/C39H50N8O5/c1-26-20-28(21-31-24-40-47(36(26)31)25-52-27(2)48)22-35(38(50)45-18-16-44(17-19-45)32-10-12-43(3)13-11-32)42-39(51)46-14-8-29(9-15-46)33-23-30-6-4-5-7-34(30)41-37(33)49/h4-7,20-21,23-24,29,32,35H,8-19,22,25H2,1-3H3,(H,41,49)(H,42,51).